The third kappa shape index (κ3) is 7.21. The Morgan fingerprint density at radius 2 is 1.42 bits per heavy atom. The van der Waals surface area contributed by atoms with Gasteiger partial charge >= 0.3 is 0 Å². The van der Waals surface area contributed by atoms with Crippen molar-refractivity contribution in [1.82, 2.24) is 4.90 Å². The molecule has 0 saturated heterocycles. The number of nitrogens with one attached hydrogen (secondary N) is 2. The van der Waals surface area contributed by atoms with Crippen molar-refractivity contribution in [2.75, 3.05) is 24.2 Å². The van der Waals surface area contributed by atoms with E-state index in [1.54, 1.807) is 36.2 Å². The van der Waals surface area contributed by atoms with E-state index in [4.69, 9.17) is 4.74 Å². The molecule has 4 rings (SSSR count). The molecule has 0 aliphatic carbocycles. The van der Waals surface area contributed by atoms with Gasteiger partial charge in [-0.2, -0.15) is 0 Å². The van der Waals surface area contributed by atoms with Crippen LogP contribution in [-0.2, 0) is 17.9 Å². The Morgan fingerprint density at radius 3 is 2.17 bits per heavy atom. The van der Waals surface area contributed by atoms with Crippen molar-refractivity contribution in [3.05, 3.63) is 126 Å². The molecule has 36 heavy (non-hydrogen) atoms. The molecule has 0 atom stereocenters. The number of rotatable bonds is 10. The standard InChI is InChI=1S/C30H29N3O3/c1-33(21-23-10-4-2-5-11-23)30(35)25-14-8-16-27(18-25)32-29(34)20-31-26-15-9-17-28(19-26)36-22-24-12-6-3-7-13-24/h2-19,31H,20-22H2,1H3,(H,32,34). The topological polar surface area (TPSA) is 70.7 Å². The number of amides is 2. The van der Waals surface area contributed by atoms with Crippen molar-refractivity contribution < 1.29 is 14.3 Å². The zero-order valence-corrected chi connectivity index (χ0v) is 20.2. The van der Waals surface area contributed by atoms with Crippen molar-refractivity contribution in [3.63, 3.8) is 0 Å². The Hall–Kier alpha value is -4.58. The SMILES string of the molecule is CN(Cc1ccccc1)C(=O)c1cccc(NC(=O)CNc2cccc(OCc3ccccc3)c2)c1. The van der Waals surface area contributed by atoms with Crippen molar-refractivity contribution in [3.8, 4) is 5.75 Å². The Balaban J connectivity index is 1.28. The first-order chi connectivity index (χ1) is 17.6. The van der Waals surface area contributed by atoms with E-state index in [9.17, 15) is 9.59 Å². The van der Waals surface area contributed by atoms with Crippen LogP contribution in [-0.4, -0.2) is 30.3 Å². The summed E-state index contributed by atoms with van der Waals surface area (Å²) in [7, 11) is 1.77. The molecule has 0 radical (unpaired) electrons. The molecule has 6 heteroatoms. The summed E-state index contributed by atoms with van der Waals surface area (Å²) in [6, 6.07) is 34.2. The van der Waals surface area contributed by atoms with Gasteiger partial charge in [0.2, 0.25) is 5.91 Å². The predicted octanol–water partition coefficient (Wildman–Crippen LogP) is 5.59. The van der Waals surface area contributed by atoms with Gasteiger partial charge in [0, 0.05) is 36.6 Å². The minimum absolute atomic E-state index is 0.0776. The molecule has 0 saturated carbocycles. The normalized spacial score (nSPS) is 10.4. The maximum atomic E-state index is 12.9. The molecule has 0 aromatic heterocycles. The van der Waals surface area contributed by atoms with Gasteiger partial charge in [-0.15, -0.1) is 0 Å². The van der Waals surface area contributed by atoms with Crippen LogP contribution in [0, 0.1) is 0 Å². The van der Waals surface area contributed by atoms with Crippen LogP contribution in [0.4, 0.5) is 11.4 Å². The largest absolute Gasteiger partial charge is 0.489 e. The highest BCUT2D eigenvalue weighted by Gasteiger charge is 2.13. The monoisotopic (exact) mass is 479 g/mol. The number of nitrogens with zero attached hydrogens (tertiary/aromatic N) is 1. The van der Waals surface area contributed by atoms with Crippen molar-refractivity contribution in [2.24, 2.45) is 0 Å². The number of ether oxygens (including phenoxy) is 1. The van der Waals surface area contributed by atoms with Gasteiger partial charge in [0.05, 0.1) is 6.54 Å². The van der Waals surface area contributed by atoms with Gasteiger partial charge in [0.25, 0.3) is 5.91 Å². The summed E-state index contributed by atoms with van der Waals surface area (Å²) in [5.41, 5.74) is 4.01. The molecule has 182 valence electrons. The van der Waals surface area contributed by atoms with Gasteiger partial charge < -0.3 is 20.3 Å². The fourth-order valence-corrected chi connectivity index (χ4v) is 3.70. The van der Waals surface area contributed by atoms with Crippen LogP contribution in [0.15, 0.2) is 109 Å². The fourth-order valence-electron chi connectivity index (χ4n) is 3.70. The molecule has 4 aromatic carbocycles. The minimum Gasteiger partial charge on any atom is -0.489 e. The Kier molecular flexibility index (Phi) is 8.33. The summed E-state index contributed by atoms with van der Waals surface area (Å²) in [4.78, 5) is 27.1. The molecule has 4 aromatic rings. The average molecular weight is 480 g/mol. The van der Waals surface area contributed by atoms with Crippen LogP contribution in [0.1, 0.15) is 21.5 Å². The van der Waals surface area contributed by atoms with Crippen molar-refractivity contribution >= 4 is 23.2 Å². The smallest absolute Gasteiger partial charge is 0.253 e. The number of anilines is 2. The van der Waals surface area contributed by atoms with Gasteiger partial charge in [-0.1, -0.05) is 72.8 Å². The third-order valence-corrected chi connectivity index (χ3v) is 5.54. The summed E-state index contributed by atoms with van der Waals surface area (Å²) >= 11 is 0. The van der Waals surface area contributed by atoms with Crippen molar-refractivity contribution in [2.45, 2.75) is 13.2 Å². The molecular weight excluding hydrogens is 450 g/mol. The summed E-state index contributed by atoms with van der Waals surface area (Å²) in [6.07, 6.45) is 0. The van der Waals surface area contributed by atoms with Gasteiger partial charge in [0.15, 0.2) is 0 Å². The zero-order chi connectivity index (χ0) is 25.2. The number of hydrogen-bond donors (Lipinski definition) is 2. The lowest BCUT2D eigenvalue weighted by atomic mass is 10.1. The first-order valence-corrected chi connectivity index (χ1v) is 11.8. The van der Waals surface area contributed by atoms with E-state index >= 15 is 0 Å². The number of carbonyl (C=O) groups is 2. The maximum absolute atomic E-state index is 12.9. The number of hydrogen-bond acceptors (Lipinski definition) is 4. The Morgan fingerprint density at radius 1 is 0.750 bits per heavy atom. The van der Waals surface area contributed by atoms with E-state index in [-0.39, 0.29) is 18.4 Å². The molecule has 2 N–H and O–H groups in total. The first kappa shape index (κ1) is 24.5. The van der Waals surface area contributed by atoms with E-state index < -0.39 is 0 Å². The lowest BCUT2D eigenvalue weighted by Gasteiger charge is -2.18. The summed E-state index contributed by atoms with van der Waals surface area (Å²) < 4.78 is 5.85. The van der Waals surface area contributed by atoms with E-state index in [0.717, 1.165) is 22.6 Å². The van der Waals surface area contributed by atoms with E-state index in [1.807, 2.05) is 84.9 Å². The molecule has 0 unspecified atom stereocenters. The lowest BCUT2D eigenvalue weighted by Crippen LogP contribution is -2.26. The Bertz CT molecular complexity index is 1290. The first-order valence-electron chi connectivity index (χ1n) is 11.8. The molecule has 0 bridgehead atoms. The van der Waals surface area contributed by atoms with E-state index in [0.29, 0.717) is 24.4 Å². The molecular formula is C30H29N3O3. The summed E-state index contributed by atoms with van der Waals surface area (Å²) in [6.45, 7) is 1.06. The quantitative estimate of drug-likeness (QED) is 0.311. The fraction of sp³-hybridized carbons (Fsp3) is 0.133. The molecule has 0 heterocycles. The average Bonchev–Trinajstić information content (AvgIpc) is 2.92. The zero-order valence-electron chi connectivity index (χ0n) is 20.2. The highest BCUT2D eigenvalue weighted by molar-refractivity contribution is 5.98. The molecule has 6 nitrogen and oxygen atoms in total. The molecule has 0 spiro atoms. The third-order valence-electron chi connectivity index (χ3n) is 5.54. The predicted molar refractivity (Wildman–Crippen MR) is 143 cm³/mol. The minimum atomic E-state index is -0.215. The van der Waals surface area contributed by atoms with Crippen molar-refractivity contribution in [1.29, 1.82) is 0 Å². The van der Waals surface area contributed by atoms with E-state index in [1.165, 1.54) is 0 Å². The van der Waals surface area contributed by atoms with Crippen LogP contribution < -0.4 is 15.4 Å². The van der Waals surface area contributed by atoms with E-state index in [2.05, 4.69) is 10.6 Å². The van der Waals surface area contributed by atoms with Crippen LogP contribution in [0.5, 0.6) is 5.75 Å². The summed E-state index contributed by atoms with van der Waals surface area (Å²) in [5, 5.41) is 5.97. The molecule has 2 amide bonds. The maximum Gasteiger partial charge on any atom is 0.253 e. The van der Waals surface area contributed by atoms with Crippen LogP contribution in [0.25, 0.3) is 0 Å². The second-order valence-electron chi connectivity index (χ2n) is 8.43. The second kappa shape index (κ2) is 12.2. The van der Waals surface area contributed by atoms with Gasteiger partial charge in [-0.25, -0.2) is 0 Å². The second-order valence-corrected chi connectivity index (χ2v) is 8.43. The van der Waals surface area contributed by atoms with Gasteiger partial charge in [0.1, 0.15) is 12.4 Å². The molecule has 0 aliphatic heterocycles. The molecule has 0 fully saturated rings. The number of benzene rings is 4. The van der Waals surface area contributed by atoms with Crippen LogP contribution in [0.2, 0.25) is 0 Å². The van der Waals surface area contributed by atoms with Crippen LogP contribution in [0.3, 0.4) is 0 Å². The Labute approximate surface area is 211 Å². The number of carbonyl (C=O) groups excluding carboxylic acids is 2. The van der Waals surface area contributed by atoms with Gasteiger partial charge in [-0.3, -0.25) is 9.59 Å². The highest BCUT2D eigenvalue weighted by Crippen LogP contribution is 2.19. The lowest BCUT2D eigenvalue weighted by molar-refractivity contribution is -0.114. The van der Waals surface area contributed by atoms with Crippen LogP contribution >= 0.6 is 0 Å². The summed E-state index contributed by atoms with van der Waals surface area (Å²) in [5.74, 6) is 0.392. The molecule has 0 aliphatic rings. The highest BCUT2D eigenvalue weighted by atomic mass is 16.5. The van der Waals surface area contributed by atoms with Gasteiger partial charge in [-0.05, 0) is 41.5 Å².